The Kier molecular flexibility index (Phi) is 5.40. The van der Waals surface area contributed by atoms with Gasteiger partial charge in [0.25, 0.3) is 5.91 Å². The summed E-state index contributed by atoms with van der Waals surface area (Å²) in [5.41, 5.74) is 1.94. The first-order valence-corrected chi connectivity index (χ1v) is 7.31. The van der Waals surface area contributed by atoms with Gasteiger partial charge in [0, 0.05) is 12.1 Å². The smallest absolute Gasteiger partial charge is 0.330 e. The summed E-state index contributed by atoms with van der Waals surface area (Å²) in [7, 11) is 0. The van der Waals surface area contributed by atoms with Crippen LogP contribution in [0.1, 0.15) is 19.4 Å². The number of tetrazole rings is 1. The number of carbonyl (C=O) groups is 2. The van der Waals surface area contributed by atoms with Crippen LogP contribution in [-0.4, -0.2) is 44.7 Å². The molecule has 0 aliphatic carbocycles. The van der Waals surface area contributed by atoms with Crippen molar-refractivity contribution in [2.45, 2.75) is 33.4 Å². The van der Waals surface area contributed by atoms with Crippen molar-refractivity contribution >= 4 is 11.9 Å². The first kappa shape index (κ1) is 16.6. The monoisotopic (exact) mass is 317 g/mol. The average Bonchev–Trinajstić information content (AvgIpc) is 2.96. The van der Waals surface area contributed by atoms with Gasteiger partial charge in [-0.2, -0.15) is 4.80 Å². The van der Waals surface area contributed by atoms with Crippen LogP contribution in [0, 0.1) is 6.92 Å². The lowest BCUT2D eigenvalue weighted by atomic mass is 10.1. The number of nitrogens with one attached hydrogen (secondary N) is 1. The Morgan fingerprint density at radius 1 is 1.30 bits per heavy atom. The van der Waals surface area contributed by atoms with Crippen LogP contribution >= 0.6 is 0 Å². The second kappa shape index (κ2) is 7.48. The Morgan fingerprint density at radius 3 is 2.65 bits per heavy atom. The first-order chi connectivity index (χ1) is 11.0. The third-order valence-electron chi connectivity index (χ3n) is 3.06. The highest BCUT2D eigenvalue weighted by molar-refractivity contribution is 5.83. The number of nitrogens with zero attached hydrogens (tertiary/aromatic N) is 4. The highest BCUT2D eigenvalue weighted by Crippen LogP contribution is 2.13. The van der Waals surface area contributed by atoms with E-state index >= 15 is 0 Å². The predicted octanol–water partition coefficient (Wildman–Crippen LogP) is 0.716. The Balaban J connectivity index is 1.95. The summed E-state index contributed by atoms with van der Waals surface area (Å²) < 4.78 is 5.02. The minimum Gasteiger partial charge on any atom is -0.451 e. The first-order valence-electron chi connectivity index (χ1n) is 7.31. The van der Waals surface area contributed by atoms with Crippen LogP contribution in [0.2, 0.25) is 0 Å². The number of hydrogen-bond acceptors (Lipinski definition) is 6. The van der Waals surface area contributed by atoms with E-state index in [1.807, 2.05) is 31.2 Å². The van der Waals surface area contributed by atoms with Crippen molar-refractivity contribution in [2.75, 3.05) is 6.54 Å². The van der Waals surface area contributed by atoms with Gasteiger partial charge >= 0.3 is 5.97 Å². The number of aromatic nitrogens is 4. The molecule has 122 valence electrons. The van der Waals surface area contributed by atoms with Crippen molar-refractivity contribution < 1.29 is 14.3 Å². The minimum absolute atomic E-state index is 0.206. The molecule has 2 rings (SSSR count). The molecule has 0 aliphatic rings. The summed E-state index contributed by atoms with van der Waals surface area (Å²) in [6.07, 6.45) is -0.859. The van der Waals surface area contributed by atoms with E-state index in [1.165, 1.54) is 6.92 Å². The molecule has 0 unspecified atom stereocenters. The molecule has 1 aromatic heterocycles. The summed E-state index contributed by atoms with van der Waals surface area (Å²) >= 11 is 0. The third-order valence-corrected chi connectivity index (χ3v) is 3.06. The van der Waals surface area contributed by atoms with Gasteiger partial charge in [-0.15, -0.1) is 10.2 Å². The number of hydrogen-bond donors (Lipinski definition) is 1. The normalized spacial score (nSPS) is 11.8. The van der Waals surface area contributed by atoms with E-state index in [0.717, 1.165) is 15.9 Å². The number of rotatable bonds is 6. The van der Waals surface area contributed by atoms with E-state index in [0.29, 0.717) is 12.4 Å². The quantitative estimate of drug-likeness (QED) is 0.788. The Bertz CT molecular complexity index is 681. The number of esters is 1. The summed E-state index contributed by atoms with van der Waals surface area (Å²) in [5, 5.41) is 14.4. The van der Waals surface area contributed by atoms with Gasteiger partial charge in [0.2, 0.25) is 5.82 Å². The van der Waals surface area contributed by atoms with Crippen molar-refractivity contribution in [3.8, 4) is 11.4 Å². The van der Waals surface area contributed by atoms with Crippen LogP contribution in [0.5, 0.6) is 0 Å². The molecule has 0 fully saturated rings. The molecule has 2 aromatic rings. The van der Waals surface area contributed by atoms with E-state index in [9.17, 15) is 9.59 Å². The number of carbonyl (C=O) groups excluding carboxylic acids is 2. The number of ether oxygens (including phenoxy) is 1. The van der Waals surface area contributed by atoms with Crippen molar-refractivity contribution in [3.63, 3.8) is 0 Å². The number of likely N-dealkylation sites (N-methyl/N-ethyl adjacent to an activating group) is 1. The largest absolute Gasteiger partial charge is 0.451 e. The van der Waals surface area contributed by atoms with E-state index < -0.39 is 12.1 Å². The fourth-order valence-corrected chi connectivity index (χ4v) is 1.85. The minimum atomic E-state index is -0.859. The molecule has 1 amide bonds. The van der Waals surface area contributed by atoms with Crippen molar-refractivity contribution in [2.24, 2.45) is 0 Å². The maximum atomic E-state index is 11.8. The maximum absolute atomic E-state index is 11.8. The van der Waals surface area contributed by atoms with Gasteiger partial charge in [0.1, 0.15) is 0 Å². The number of amides is 1. The summed E-state index contributed by atoms with van der Waals surface area (Å²) in [6.45, 7) is 5.56. The number of aryl methyl sites for hydroxylation is 1. The molecule has 0 bridgehead atoms. The molecule has 1 aromatic carbocycles. The molecule has 1 N–H and O–H groups in total. The molecular weight excluding hydrogens is 298 g/mol. The summed E-state index contributed by atoms with van der Waals surface area (Å²) in [6, 6.07) is 7.65. The standard InChI is InChI=1S/C15H19N5O3/c1-4-16-15(22)11(3)23-13(21)9-20-18-14(17-19-20)12-7-5-10(2)6-8-12/h5-8,11H,4,9H2,1-3H3,(H,16,22)/t11-/m0/s1. The fraction of sp³-hybridized carbons (Fsp3) is 0.400. The Labute approximate surface area is 133 Å². The molecule has 0 spiro atoms. The van der Waals surface area contributed by atoms with Gasteiger partial charge in [-0.05, 0) is 26.0 Å². The lowest BCUT2D eigenvalue weighted by Crippen LogP contribution is -2.36. The molecular formula is C15H19N5O3. The zero-order valence-electron chi connectivity index (χ0n) is 13.3. The molecule has 8 nitrogen and oxygen atoms in total. The lowest BCUT2D eigenvalue weighted by Gasteiger charge is -2.11. The van der Waals surface area contributed by atoms with Crippen LogP contribution in [0.3, 0.4) is 0 Å². The van der Waals surface area contributed by atoms with Crippen LogP contribution in [0.4, 0.5) is 0 Å². The molecule has 0 saturated heterocycles. The average molecular weight is 317 g/mol. The van der Waals surface area contributed by atoms with Gasteiger partial charge in [0.05, 0.1) is 0 Å². The molecule has 23 heavy (non-hydrogen) atoms. The van der Waals surface area contributed by atoms with Crippen LogP contribution in [-0.2, 0) is 20.9 Å². The molecule has 0 saturated carbocycles. The SMILES string of the molecule is CCNC(=O)[C@H](C)OC(=O)Cn1nnc(-c2ccc(C)cc2)n1. The van der Waals surface area contributed by atoms with E-state index in [2.05, 4.69) is 20.7 Å². The lowest BCUT2D eigenvalue weighted by molar-refractivity contribution is -0.155. The number of benzene rings is 1. The van der Waals surface area contributed by atoms with E-state index in [4.69, 9.17) is 4.74 Å². The predicted molar refractivity (Wildman–Crippen MR) is 82.2 cm³/mol. The van der Waals surface area contributed by atoms with E-state index in [-0.39, 0.29) is 12.5 Å². The third kappa shape index (κ3) is 4.60. The van der Waals surface area contributed by atoms with E-state index in [1.54, 1.807) is 6.92 Å². The van der Waals surface area contributed by atoms with Gasteiger partial charge in [0.15, 0.2) is 12.6 Å². The van der Waals surface area contributed by atoms with Crippen LogP contribution in [0.15, 0.2) is 24.3 Å². The molecule has 1 atom stereocenters. The fourth-order valence-electron chi connectivity index (χ4n) is 1.85. The van der Waals surface area contributed by atoms with Crippen molar-refractivity contribution in [1.29, 1.82) is 0 Å². The maximum Gasteiger partial charge on any atom is 0.330 e. The molecule has 0 radical (unpaired) electrons. The zero-order valence-corrected chi connectivity index (χ0v) is 13.3. The highest BCUT2D eigenvalue weighted by atomic mass is 16.5. The molecule has 1 heterocycles. The van der Waals surface area contributed by atoms with Gasteiger partial charge < -0.3 is 10.1 Å². The van der Waals surface area contributed by atoms with Crippen molar-refractivity contribution in [3.05, 3.63) is 29.8 Å². The van der Waals surface area contributed by atoms with Crippen LogP contribution in [0.25, 0.3) is 11.4 Å². The summed E-state index contributed by atoms with van der Waals surface area (Å²) in [4.78, 5) is 24.4. The highest BCUT2D eigenvalue weighted by Gasteiger charge is 2.18. The topological polar surface area (TPSA) is 99.0 Å². The second-order valence-corrected chi connectivity index (χ2v) is 5.04. The molecule has 8 heteroatoms. The van der Waals surface area contributed by atoms with Crippen molar-refractivity contribution in [1.82, 2.24) is 25.5 Å². The van der Waals surface area contributed by atoms with Crippen LogP contribution < -0.4 is 5.32 Å². The summed E-state index contributed by atoms with van der Waals surface area (Å²) in [5.74, 6) is -0.515. The van der Waals surface area contributed by atoms with Gasteiger partial charge in [-0.1, -0.05) is 29.8 Å². The zero-order chi connectivity index (χ0) is 16.8. The second-order valence-electron chi connectivity index (χ2n) is 5.04. The van der Waals surface area contributed by atoms with Gasteiger partial charge in [-0.3, -0.25) is 4.79 Å². The van der Waals surface area contributed by atoms with Gasteiger partial charge in [-0.25, -0.2) is 4.79 Å². The molecule has 0 aliphatic heterocycles. The Hall–Kier alpha value is -2.77. The Morgan fingerprint density at radius 2 is 2.00 bits per heavy atom.